The molecule has 3 aromatic heterocycles. The number of para-hydroxylation sites is 2. The molecule has 234 valence electrons. The first kappa shape index (κ1) is 28.0. The number of fused-ring (bicyclic) bond motifs is 11. The van der Waals surface area contributed by atoms with Crippen molar-refractivity contribution in [3.8, 4) is 5.69 Å². The Bertz CT molecular complexity index is 3110. The Morgan fingerprint density at radius 2 is 0.960 bits per heavy atom. The first-order chi connectivity index (χ1) is 24.8. The van der Waals surface area contributed by atoms with E-state index in [-0.39, 0.29) is 0 Å². The van der Waals surface area contributed by atoms with E-state index in [0.717, 1.165) is 17.1 Å². The third kappa shape index (κ3) is 4.13. The minimum absolute atomic E-state index is 1.13. The normalized spacial score (nSPS) is 12.0. The highest BCUT2D eigenvalue weighted by Gasteiger charge is 2.19. The molecule has 4 heteroatoms. The Hall–Kier alpha value is -5.94. The van der Waals surface area contributed by atoms with Crippen molar-refractivity contribution in [2.24, 2.45) is 0 Å². The maximum absolute atomic E-state index is 2.44. The summed E-state index contributed by atoms with van der Waals surface area (Å²) in [6.07, 6.45) is 0. The Morgan fingerprint density at radius 1 is 0.360 bits per heavy atom. The second-order valence-corrected chi connectivity index (χ2v) is 15.1. The van der Waals surface area contributed by atoms with Crippen molar-refractivity contribution in [2.75, 3.05) is 4.90 Å². The van der Waals surface area contributed by atoms with Gasteiger partial charge in [-0.3, -0.25) is 0 Å². The Kier molecular flexibility index (Phi) is 6.03. The minimum Gasteiger partial charge on any atom is -0.310 e. The summed E-state index contributed by atoms with van der Waals surface area (Å²) in [6, 6.07) is 62.5. The van der Waals surface area contributed by atoms with Crippen molar-refractivity contribution < 1.29 is 0 Å². The quantitative estimate of drug-likeness (QED) is 0.181. The van der Waals surface area contributed by atoms with Crippen LogP contribution < -0.4 is 4.90 Å². The van der Waals surface area contributed by atoms with Crippen molar-refractivity contribution in [1.82, 2.24) is 4.57 Å². The topological polar surface area (TPSA) is 8.17 Å². The van der Waals surface area contributed by atoms with Crippen LogP contribution in [0.1, 0.15) is 0 Å². The molecular weight excluding hydrogens is 645 g/mol. The minimum atomic E-state index is 1.13. The van der Waals surface area contributed by atoms with Crippen molar-refractivity contribution in [1.29, 1.82) is 0 Å². The van der Waals surface area contributed by atoms with Crippen LogP contribution in [0.5, 0.6) is 0 Å². The third-order valence-electron chi connectivity index (χ3n) is 10.1. The highest BCUT2D eigenvalue weighted by molar-refractivity contribution is 7.26. The number of rotatable bonds is 4. The number of benzene rings is 8. The number of nitrogens with zero attached hydrogens (tertiary/aromatic N) is 2. The van der Waals surface area contributed by atoms with Crippen molar-refractivity contribution in [2.45, 2.75) is 0 Å². The highest BCUT2D eigenvalue weighted by atomic mass is 32.1. The lowest BCUT2D eigenvalue weighted by atomic mass is 10.0. The average Bonchev–Trinajstić information content (AvgIpc) is 3.84. The summed E-state index contributed by atoms with van der Waals surface area (Å²) >= 11 is 3.74. The van der Waals surface area contributed by atoms with Crippen LogP contribution in [0.4, 0.5) is 17.1 Å². The standard InChI is InChI=1S/C46H28N2S2/c1-2-10-30(11-3-1)48-40-15-7-4-12-35(40)39-27-32(21-24-41(39)48)47(33-20-23-37-36-13-5-8-16-42(36)50-45(37)28-33)31-19-22-34-29(26-31)18-25-44-46(34)38-14-6-9-17-43(38)49-44/h1-28H. The van der Waals surface area contributed by atoms with E-state index in [4.69, 9.17) is 0 Å². The van der Waals surface area contributed by atoms with Gasteiger partial charge in [-0.1, -0.05) is 91.0 Å². The lowest BCUT2D eigenvalue weighted by Crippen LogP contribution is -2.10. The van der Waals surface area contributed by atoms with Gasteiger partial charge in [0.1, 0.15) is 0 Å². The number of hydrogen-bond donors (Lipinski definition) is 0. The molecule has 0 fully saturated rings. The Balaban J connectivity index is 1.16. The molecule has 8 aromatic carbocycles. The van der Waals surface area contributed by atoms with Crippen LogP contribution in [0.3, 0.4) is 0 Å². The fraction of sp³-hybridized carbons (Fsp3) is 0. The Morgan fingerprint density at radius 3 is 1.82 bits per heavy atom. The van der Waals surface area contributed by atoms with E-state index in [0.29, 0.717) is 0 Å². The Labute approximate surface area is 296 Å². The lowest BCUT2D eigenvalue weighted by molar-refractivity contribution is 1.18. The maximum Gasteiger partial charge on any atom is 0.0542 e. The molecule has 0 atom stereocenters. The zero-order chi connectivity index (χ0) is 32.8. The van der Waals surface area contributed by atoms with Crippen molar-refractivity contribution >= 4 is 113 Å². The van der Waals surface area contributed by atoms with Crippen LogP contribution in [-0.2, 0) is 0 Å². The molecule has 2 nitrogen and oxygen atoms in total. The van der Waals surface area contributed by atoms with Crippen LogP contribution in [0.2, 0.25) is 0 Å². The average molecular weight is 673 g/mol. The summed E-state index contributed by atoms with van der Waals surface area (Å²) in [5.41, 5.74) is 7.00. The smallest absolute Gasteiger partial charge is 0.0542 e. The summed E-state index contributed by atoms with van der Waals surface area (Å²) in [4.78, 5) is 2.44. The molecule has 0 N–H and O–H groups in total. The fourth-order valence-electron chi connectivity index (χ4n) is 7.94. The van der Waals surface area contributed by atoms with E-state index in [1.165, 1.54) is 78.6 Å². The summed E-state index contributed by atoms with van der Waals surface area (Å²) < 4.78 is 7.66. The van der Waals surface area contributed by atoms with Gasteiger partial charge in [-0.25, -0.2) is 0 Å². The molecule has 0 aliphatic carbocycles. The van der Waals surface area contributed by atoms with Crippen molar-refractivity contribution in [3.63, 3.8) is 0 Å². The van der Waals surface area contributed by atoms with Gasteiger partial charge in [0.25, 0.3) is 0 Å². The molecule has 0 spiro atoms. The number of hydrogen-bond acceptors (Lipinski definition) is 3. The second kappa shape index (κ2) is 10.8. The van der Waals surface area contributed by atoms with Gasteiger partial charge in [0.2, 0.25) is 0 Å². The second-order valence-electron chi connectivity index (χ2n) is 12.9. The molecular formula is C46H28N2S2. The van der Waals surface area contributed by atoms with E-state index in [9.17, 15) is 0 Å². The summed E-state index contributed by atoms with van der Waals surface area (Å²) in [5.74, 6) is 0. The molecule has 50 heavy (non-hydrogen) atoms. The third-order valence-corrected chi connectivity index (χ3v) is 12.4. The van der Waals surface area contributed by atoms with Gasteiger partial charge in [-0.15, -0.1) is 22.7 Å². The molecule has 0 amide bonds. The van der Waals surface area contributed by atoms with E-state index in [1.807, 2.05) is 22.7 Å². The number of thiophene rings is 2. The van der Waals surface area contributed by atoms with Crippen LogP contribution >= 0.6 is 22.7 Å². The van der Waals surface area contributed by atoms with E-state index in [1.54, 1.807) is 0 Å². The van der Waals surface area contributed by atoms with Crippen molar-refractivity contribution in [3.05, 3.63) is 170 Å². The van der Waals surface area contributed by atoms with E-state index < -0.39 is 0 Å². The molecule has 0 aliphatic heterocycles. The fourth-order valence-corrected chi connectivity index (χ4v) is 10.2. The molecule has 0 aliphatic rings. The van der Waals surface area contributed by atoms with Gasteiger partial charge >= 0.3 is 0 Å². The molecule has 0 saturated heterocycles. The first-order valence-electron chi connectivity index (χ1n) is 16.9. The van der Waals surface area contributed by atoms with Crippen LogP contribution in [-0.4, -0.2) is 4.57 Å². The highest BCUT2D eigenvalue weighted by Crippen LogP contribution is 2.45. The molecule has 0 radical (unpaired) electrons. The van der Waals surface area contributed by atoms with Crippen LogP contribution in [0.25, 0.3) is 78.6 Å². The molecule has 11 aromatic rings. The van der Waals surface area contributed by atoms with Crippen LogP contribution in [0.15, 0.2) is 170 Å². The van der Waals surface area contributed by atoms with Crippen LogP contribution in [0, 0.1) is 0 Å². The molecule has 0 saturated carbocycles. The predicted octanol–water partition coefficient (Wildman–Crippen LogP) is 14.1. The van der Waals surface area contributed by atoms with Gasteiger partial charge in [-0.2, -0.15) is 0 Å². The summed E-state index contributed by atoms with van der Waals surface area (Å²) in [5, 5.41) is 10.3. The van der Waals surface area contributed by atoms with E-state index >= 15 is 0 Å². The number of anilines is 3. The van der Waals surface area contributed by atoms with Gasteiger partial charge < -0.3 is 9.47 Å². The summed E-state index contributed by atoms with van der Waals surface area (Å²) in [6.45, 7) is 0. The lowest BCUT2D eigenvalue weighted by Gasteiger charge is -2.26. The van der Waals surface area contributed by atoms with Gasteiger partial charge in [0.05, 0.1) is 11.0 Å². The van der Waals surface area contributed by atoms with Gasteiger partial charge in [0.15, 0.2) is 0 Å². The SMILES string of the molecule is c1ccc(-n2c3ccccc3c3cc(N(c4ccc5c(ccc6sc7ccccc7c65)c4)c4ccc5c(c4)sc4ccccc45)ccc32)cc1. The number of aromatic nitrogens is 1. The first-order valence-corrected chi connectivity index (χ1v) is 18.6. The summed E-state index contributed by atoms with van der Waals surface area (Å²) in [7, 11) is 0. The largest absolute Gasteiger partial charge is 0.310 e. The molecule has 11 rings (SSSR count). The zero-order valence-corrected chi connectivity index (χ0v) is 28.5. The molecule has 0 unspecified atom stereocenters. The van der Waals surface area contributed by atoms with Gasteiger partial charge in [0, 0.05) is 73.9 Å². The molecule has 0 bridgehead atoms. The maximum atomic E-state index is 2.44. The predicted molar refractivity (Wildman–Crippen MR) is 219 cm³/mol. The van der Waals surface area contributed by atoms with E-state index in [2.05, 4.69) is 179 Å². The molecule has 3 heterocycles. The monoisotopic (exact) mass is 672 g/mol. The zero-order valence-electron chi connectivity index (χ0n) is 26.9. The van der Waals surface area contributed by atoms with Gasteiger partial charge in [-0.05, 0) is 89.6 Å².